The van der Waals surface area contributed by atoms with Gasteiger partial charge in [-0.2, -0.15) is 5.26 Å². The summed E-state index contributed by atoms with van der Waals surface area (Å²) < 4.78 is 13.5. The Hall–Kier alpha value is -1.79. The fourth-order valence-corrected chi connectivity index (χ4v) is 3.42. The minimum Gasteiger partial charge on any atom is -0.206 e. The maximum atomic E-state index is 13.5. The Bertz CT molecular complexity index is 673. The normalized spacial score (nSPS) is 13.1. The van der Waals surface area contributed by atoms with Gasteiger partial charge >= 0.3 is 0 Å². The lowest BCUT2D eigenvalue weighted by molar-refractivity contribution is 0.620. The van der Waals surface area contributed by atoms with Gasteiger partial charge in [-0.1, -0.05) is 23.9 Å². The second kappa shape index (κ2) is 5.07. The number of nitrogens with zero attached hydrogens (tertiary/aromatic N) is 1. The van der Waals surface area contributed by atoms with Gasteiger partial charge in [-0.05, 0) is 54.7 Å². The molecule has 0 aromatic heterocycles. The van der Waals surface area contributed by atoms with Gasteiger partial charge < -0.3 is 0 Å². The average Bonchev–Trinajstić information content (AvgIpc) is 2.86. The number of aryl methyl sites for hydroxylation is 2. The van der Waals surface area contributed by atoms with Crippen molar-refractivity contribution in [1.29, 1.82) is 5.26 Å². The molecule has 0 atom stereocenters. The number of fused-ring (bicyclic) bond motifs is 1. The van der Waals surface area contributed by atoms with Crippen molar-refractivity contribution in [2.75, 3.05) is 0 Å². The van der Waals surface area contributed by atoms with E-state index in [4.69, 9.17) is 5.26 Å². The molecule has 0 heterocycles. The van der Waals surface area contributed by atoms with E-state index in [-0.39, 0.29) is 5.56 Å². The summed E-state index contributed by atoms with van der Waals surface area (Å²) in [5.41, 5.74) is 2.94. The zero-order valence-corrected chi connectivity index (χ0v) is 11.1. The highest BCUT2D eigenvalue weighted by molar-refractivity contribution is 7.99. The van der Waals surface area contributed by atoms with Gasteiger partial charge in [-0.3, -0.25) is 0 Å². The molecule has 94 valence electrons. The smallest absolute Gasteiger partial charge is 0.142 e. The van der Waals surface area contributed by atoms with Crippen LogP contribution in [0.3, 0.4) is 0 Å². The van der Waals surface area contributed by atoms with E-state index in [1.54, 1.807) is 12.1 Å². The van der Waals surface area contributed by atoms with Crippen molar-refractivity contribution in [2.45, 2.75) is 29.1 Å². The highest BCUT2D eigenvalue weighted by Gasteiger charge is 2.13. The van der Waals surface area contributed by atoms with E-state index < -0.39 is 5.82 Å². The Kier molecular flexibility index (Phi) is 3.27. The topological polar surface area (TPSA) is 23.8 Å². The van der Waals surface area contributed by atoms with Crippen LogP contribution in [0.2, 0.25) is 0 Å². The molecular weight excluding hydrogens is 257 g/mol. The predicted octanol–water partition coefficient (Wildman–Crippen LogP) is 4.34. The third-order valence-electron chi connectivity index (χ3n) is 3.38. The Morgan fingerprint density at radius 3 is 2.79 bits per heavy atom. The highest BCUT2D eigenvalue weighted by atomic mass is 32.2. The van der Waals surface area contributed by atoms with Crippen molar-refractivity contribution in [3.05, 3.63) is 58.9 Å². The number of nitriles is 1. The first-order valence-electron chi connectivity index (χ1n) is 6.26. The van der Waals surface area contributed by atoms with Gasteiger partial charge in [0.25, 0.3) is 0 Å². The molecule has 1 aliphatic carbocycles. The molecule has 0 spiro atoms. The van der Waals surface area contributed by atoms with Crippen LogP contribution < -0.4 is 0 Å². The van der Waals surface area contributed by atoms with Gasteiger partial charge in [0, 0.05) is 9.79 Å². The number of rotatable bonds is 2. The Labute approximate surface area is 116 Å². The van der Waals surface area contributed by atoms with Crippen molar-refractivity contribution < 1.29 is 4.39 Å². The van der Waals surface area contributed by atoms with Gasteiger partial charge in [-0.15, -0.1) is 0 Å². The lowest BCUT2D eigenvalue weighted by Crippen LogP contribution is -1.88. The van der Waals surface area contributed by atoms with E-state index in [0.717, 1.165) is 17.7 Å². The summed E-state index contributed by atoms with van der Waals surface area (Å²) >= 11 is 1.46. The van der Waals surface area contributed by atoms with Crippen molar-refractivity contribution in [3.8, 4) is 6.07 Å². The summed E-state index contributed by atoms with van der Waals surface area (Å²) in [7, 11) is 0. The lowest BCUT2D eigenvalue weighted by Gasteiger charge is -2.06. The lowest BCUT2D eigenvalue weighted by atomic mass is 10.1. The fourth-order valence-electron chi connectivity index (χ4n) is 2.44. The molecular formula is C16H12FNS. The molecule has 0 amide bonds. The quantitative estimate of drug-likeness (QED) is 0.810. The first kappa shape index (κ1) is 12.3. The molecule has 0 saturated carbocycles. The summed E-state index contributed by atoms with van der Waals surface area (Å²) in [6.07, 6.45) is 3.49. The maximum absolute atomic E-state index is 13.5. The standard InChI is InChI=1S/C16H12FNS/c17-15-5-2-6-16(14(15)10-18)19-13-8-7-11-3-1-4-12(11)9-13/h2,5-9H,1,3-4H2. The Balaban J connectivity index is 1.94. The van der Waals surface area contributed by atoms with E-state index >= 15 is 0 Å². The van der Waals surface area contributed by atoms with Crippen molar-refractivity contribution in [3.63, 3.8) is 0 Å². The van der Waals surface area contributed by atoms with Gasteiger partial charge in [0.15, 0.2) is 0 Å². The molecule has 2 aromatic rings. The third-order valence-corrected chi connectivity index (χ3v) is 4.43. The molecule has 0 radical (unpaired) electrons. The molecule has 0 unspecified atom stereocenters. The van der Waals surface area contributed by atoms with Crippen LogP contribution in [0.15, 0.2) is 46.2 Å². The maximum Gasteiger partial charge on any atom is 0.142 e. The molecule has 0 bridgehead atoms. The van der Waals surface area contributed by atoms with Crippen molar-refractivity contribution in [2.24, 2.45) is 0 Å². The highest BCUT2D eigenvalue weighted by Crippen LogP contribution is 2.34. The first-order valence-corrected chi connectivity index (χ1v) is 7.08. The zero-order chi connectivity index (χ0) is 13.2. The second-order valence-electron chi connectivity index (χ2n) is 4.61. The van der Waals surface area contributed by atoms with Crippen LogP contribution in [-0.2, 0) is 12.8 Å². The Morgan fingerprint density at radius 2 is 1.95 bits per heavy atom. The summed E-state index contributed by atoms with van der Waals surface area (Å²) in [5.74, 6) is -0.450. The summed E-state index contributed by atoms with van der Waals surface area (Å²) in [6.45, 7) is 0. The van der Waals surface area contributed by atoms with Gasteiger partial charge in [0.2, 0.25) is 0 Å². The molecule has 3 rings (SSSR count). The van der Waals surface area contributed by atoms with Crippen LogP contribution in [0.25, 0.3) is 0 Å². The summed E-state index contributed by atoms with van der Waals surface area (Å²) in [5, 5.41) is 9.03. The van der Waals surface area contributed by atoms with Gasteiger partial charge in [0.05, 0.1) is 0 Å². The molecule has 0 N–H and O–H groups in total. The van der Waals surface area contributed by atoms with Crippen molar-refractivity contribution >= 4 is 11.8 Å². The third kappa shape index (κ3) is 2.36. The number of benzene rings is 2. The van der Waals surface area contributed by atoms with Crippen LogP contribution >= 0.6 is 11.8 Å². The monoisotopic (exact) mass is 269 g/mol. The van der Waals surface area contributed by atoms with Crippen LogP contribution in [-0.4, -0.2) is 0 Å². The minimum atomic E-state index is -0.450. The molecule has 2 aromatic carbocycles. The van der Waals surface area contributed by atoms with Crippen LogP contribution in [0.5, 0.6) is 0 Å². The first-order chi connectivity index (χ1) is 9.28. The van der Waals surface area contributed by atoms with Crippen LogP contribution in [0, 0.1) is 17.1 Å². The van der Waals surface area contributed by atoms with Crippen LogP contribution in [0.1, 0.15) is 23.1 Å². The second-order valence-corrected chi connectivity index (χ2v) is 5.73. The fraction of sp³-hybridized carbons (Fsp3) is 0.188. The predicted molar refractivity (Wildman–Crippen MR) is 73.7 cm³/mol. The molecule has 0 aliphatic heterocycles. The largest absolute Gasteiger partial charge is 0.206 e. The van der Waals surface area contributed by atoms with Gasteiger partial charge in [-0.25, -0.2) is 4.39 Å². The van der Waals surface area contributed by atoms with E-state index in [2.05, 4.69) is 18.2 Å². The molecule has 1 aliphatic rings. The number of halogens is 1. The number of hydrogen-bond donors (Lipinski definition) is 0. The molecule has 3 heteroatoms. The van der Waals surface area contributed by atoms with E-state index in [9.17, 15) is 4.39 Å². The van der Waals surface area contributed by atoms with E-state index in [1.807, 2.05) is 6.07 Å². The number of hydrogen-bond acceptors (Lipinski definition) is 2. The summed E-state index contributed by atoms with van der Waals surface area (Å²) in [4.78, 5) is 1.75. The minimum absolute atomic E-state index is 0.132. The molecule has 19 heavy (non-hydrogen) atoms. The van der Waals surface area contributed by atoms with Crippen molar-refractivity contribution in [1.82, 2.24) is 0 Å². The average molecular weight is 269 g/mol. The molecule has 0 saturated heterocycles. The molecule has 1 nitrogen and oxygen atoms in total. The zero-order valence-electron chi connectivity index (χ0n) is 10.3. The van der Waals surface area contributed by atoms with Crippen LogP contribution in [0.4, 0.5) is 4.39 Å². The Morgan fingerprint density at radius 1 is 1.11 bits per heavy atom. The van der Waals surface area contributed by atoms with Gasteiger partial charge in [0.1, 0.15) is 17.4 Å². The summed E-state index contributed by atoms with van der Waals surface area (Å²) in [6, 6.07) is 13.1. The van der Waals surface area contributed by atoms with E-state index in [1.165, 1.54) is 35.4 Å². The molecule has 0 fully saturated rings. The SMILES string of the molecule is N#Cc1c(F)cccc1Sc1ccc2c(c1)CCC2. The van der Waals surface area contributed by atoms with E-state index in [0.29, 0.717) is 4.90 Å².